The molecule has 1 fully saturated rings. The summed E-state index contributed by atoms with van der Waals surface area (Å²) in [4.78, 5) is 4.40. The van der Waals surface area contributed by atoms with Crippen molar-refractivity contribution in [3.63, 3.8) is 0 Å². The zero-order valence-electron chi connectivity index (χ0n) is 14.6. The average Bonchev–Trinajstić information content (AvgIpc) is 3.41. The van der Waals surface area contributed by atoms with E-state index in [-0.39, 0.29) is 0 Å². The summed E-state index contributed by atoms with van der Waals surface area (Å²) in [5.41, 5.74) is 2.24. The lowest BCUT2D eigenvalue weighted by atomic mass is 10.1. The molecular formula is C18H16ClN5O3. The normalized spacial score (nSPS) is 17.2. The van der Waals surface area contributed by atoms with Gasteiger partial charge in [-0.25, -0.2) is 0 Å². The number of aromatic nitrogens is 5. The summed E-state index contributed by atoms with van der Waals surface area (Å²) in [6, 6.07) is 5.54. The predicted molar refractivity (Wildman–Crippen MR) is 97.2 cm³/mol. The van der Waals surface area contributed by atoms with Crippen LogP contribution in [0.4, 0.5) is 0 Å². The van der Waals surface area contributed by atoms with E-state index < -0.39 is 0 Å². The van der Waals surface area contributed by atoms with Gasteiger partial charge >= 0.3 is 0 Å². The molecule has 0 N–H and O–H groups in total. The molecule has 0 bridgehead atoms. The Kier molecular flexibility index (Phi) is 3.95. The smallest absolute Gasteiger partial charge is 0.280 e. The number of benzene rings is 1. The van der Waals surface area contributed by atoms with E-state index in [1.165, 1.54) is 0 Å². The number of fused-ring (bicyclic) bond motifs is 1. The van der Waals surface area contributed by atoms with Crippen LogP contribution < -0.4 is 0 Å². The Labute approximate surface area is 159 Å². The molecule has 0 amide bonds. The monoisotopic (exact) mass is 385 g/mol. The summed E-state index contributed by atoms with van der Waals surface area (Å²) >= 11 is 6.11. The molecule has 0 spiro atoms. The van der Waals surface area contributed by atoms with E-state index in [4.69, 9.17) is 25.3 Å². The number of halogens is 1. The van der Waals surface area contributed by atoms with Crippen LogP contribution in [0.1, 0.15) is 12.0 Å². The Morgan fingerprint density at radius 2 is 2.22 bits per heavy atom. The van der Waals surface area contributed by atoms with Crippen LogP contribution in [0.15, 0.2) is 33.3 Å². The molecule has 27 heavy (non-hydrogen) atoms. The minimum absolute atomic E-state index is 0.300. The summed E-state index contributed by atoms with van der Waals surface area (Å²) in [6.45, 7) is 4.27. The Balaban J connectivity index is 1.41. The summed E-state index contributed by atoms with van der Waals surface area (Å²) in [6.07, 6.45) is 2.84. The van der Waals surface area contributed by atoms with Gasteiger partial charge < -0.3 is 13.7 Å². The summed E-state index contributed by atoms with van der Waals surface area (Å²) in [5.74, 6) is 1.63. The van der Waals surface area contributed by atoms with Gasteiger partial charge in [0.2, 0.25) is 5.82 Å². The fourth-order valence-corrected chi connectivity index (χ4v) is 3.58. The number of furan rings is 1. The molecule has 1 atom stereocenters. The van der Waals surface area contributed by atoms with Crippen LogP contribution in [-0.4, -0.2) is 38.3 Å². The topological polar surface area (TPSA) is 92.0 Å². The Morgan fingerprint density at radius 3 is 3.07 bits per heavy atom. The van der Waals surface area contributed by atoms with E-state index in [2.05, 4.69) is 20.5 Å². The first-order valence-corrected chi connectivity index (χ1v) is 9.05. The molecular weight excluding hydrogens is 370 g/mol. The molecule has 3 aromatic heterocycles. The van der Waals surface area contributed by atoms with Crippen LogP contribution in [0, 0.1) is 12.8 Å². The molecule has 4 heterocycles. The Hall–Kier alpha value is -2.71. The SMILES string of the molecule is Cc1cc(Cl)cc2cc(-c3noc(-c4cn(C[C@H]5CCOC5)nn4)n3)oc12. The highest BCUT2D eigenvalue weighted by molar-refractivity contribution is 6.31. The molecule has 0 unspecified atom stereocenters. The highest BCUT2D eigenvalue weighted by atomic mass is 35.5. The maximum absolute atomic E-state index is 6.11. The molecule has 138 valence electrons. The molecule has 8 nitrogen and oxygen atoms in total. The van der Waals surface area contributed by atoms with Crippen molar-refractivity contribution in [1.82, 2.24) is 25.1 Å². The van der Waals surface area contributed by atoms with Crippen LogP contribution in [0.5, 0.6) is 0 Å². The van der Waals surface area contributed by atoms with Gasteiger partial charge in [0.25, 0.3) is 5.89 Å². The van der Waals surface area contributed by atoms with E-state index in [1.54, 1.807) is 10.9 Å². The van der Waals surface area contributed by atoms with Crippen molar-refractivity contribution < 1.29 is 13.7 Å². The molecule has 1 saturated heterocycles. The second-order valence-electron chi connectivity index (χ2n) is 6.73. The molecule has 9 heteroatoms. The van der Waals surface area contributed by atoms with Gasteiger partial charge in [0.15, 0.2) is 11.5 Å². The van der Waals surface area contributed by atoms with Crippen LogP contribution in [0.25, 0.3) is 34.1 Å². The molecule has 5 rings (SSSR count). The van der Waals surface area contributed by atoms with E-state index in [1.807, 2.05) is 25.1 Å². The van der Waals surface area contributed by atoms with Crippen molar-refractivity contribution in [1.29, 1.82) is 0 Å². The lowest BCUT2D eigenvalue weighted by molar-refractivity contribution is 0.181. The third-order valence-corrected chi connectivity index (χ3v) is 4.86. The summed E-state index contributed by atoms with van der Waals surface area (Å²) in [7, 11) is 0. The van der Waals surface area contributed by atoms with Gasteiger partial charge in [-0.15, -0.1) is 5.10 Å². The van der Waals surface area contributed by atoms with E-state index in [0.717, 1.165) is 42.7 Å². The number of hydrogen-bond acceptors (Lipinski definition) is 7. The zero-order valence-corrected chi connectivity index (χ0v) is 15.3. The average molecular weight is 386 g/mol. The first-order valence-electron chi connectivity index (χ1n) is 8.68. The predicted octanol–water partition coefficient (Wildman–Crippen LogP) is 3.74. The second-order valence-corrected chi connectivity index (χ2v) is 7.17. The number of hydrogen-bond donors (Lipinski definition) is 0. The van der Waals surface area contributed by atoms with Gasteiger partial charge in [0.1, 0.15) is 5.58 Å². The number of nitrogens with zero attached hydrogens (tertiary/aromatic N) is 5. The fraction of sp³-hybridized carbons (Fsp3) is 0.333. The van der Waals surface area contributed by atoms with Crippen LogP contribution in [-0.2, 0) is 11.3 Å². The third-order valence-electron chi connectivity index (χ3n) is 4.64. The molecule has 1 aliphatic rings. The van der Waals surface area contributed by atoms with Crippen molar-refractivity contribution >= 4 is 22.6 Å². The van der Waals surface area contributed by atoms with Gasteiger partial charge in [-0.3, -0.25) is 4.68 Å². The molecule has 0 radical (unpaired) electrons. The van der Waals surface area contributed by atoms with Gasteiger partial charge in [-0.1, -0.05) is 22.0 Å². The van der Waals surface area contributed by atoms with Crippen LogP contribution in [0.2, 0.25) is 5.02 Å². The lowest BCUT2D eigenvalue weighted by Crippen LogP contribution is -2.10. The molecule has 1 aliphatic heterocycles. The first-order chi connectivity index (χ1) is 13.2. The van der Waals surface area contributed by atoms with Crippen molar-refractivity contribution in [3.8, 4) is 23.2 Å². The first kappa shape index (κ1) is 16.5. The van der Waals surface area contributed by atoms with Gasteiger partial charge in [-0.05, 0) is 37.1 Å². The van der Waals surface area contributed by atoms with E-state index in [0.29, 0.717) is 34.1 Å². The van der Waals surface area contributed by atoms with Gasteiger partial charge in [0, 0.05) is 29.5 Å². The van der Waals surface area contributed by atoms with Gasteiger partial charge in [-0.2, -0.15) is 4.98 Å². The van der Waals surface area contributed by atoms with Crippen LogP contribution in [0.3, 0.4) is 0 Å². The maximum Gasteiger partial charge on any atom is 0.280 e. The van der Waals surface area contributed by atoms with E-state index >= 15 is 0 Å². The van der Waals surface area contributed by atoms with Crippen molar-refractivity contribution in [2.75, 3.05) is 13.2 Å². The second kappa shape index (κ2) is 6.47. The minimum atomic E-state index is 0.300. The maximum atomic E-state index is 6.11. The quantitative estimate of drug-likeness (QED) is 0.528. The van der Waals surface area contributed by atoms with Crippen molar-refractivity contribution in [2.45, 2.75) is 19.9 Å². The largest absolute Gasteiger partial charge is 0.452 e. The minimum Gasteiger partial charge on any atom is -0.452 e. The molecule has 0 saturated carbocycles. The Bertz CT molecular complexity index is 1110. The van der Waals surface area contributed by atoms with Gasteiger partial charge in [0.05, 0.1) is 12.8 Å². The van der Waals surface area contributed by atoms with Crippen molar-refractivity contribution in [3.05, 3.63) is 35.0 Å². The third kappa shape index (κ3) is 3.11. The molecule has 1 aromatic carbocycles. The standard InChI is InChI=1S/C18H16ClN5O3/c1-10-4-13(19)5-12-6-15(26-16(10)12)17-20-18(27-22-17)14-8-24(23-21-14)7-11-2-3-25-9-11/h4-6,8,11H,2-3,7,9H2,1H3/t11-/m1/s1. The van der Waals surface area contributed by atoms with Crippen molar-refractivity contribution in [2.24, 2.45) is 5.92 Å². The van der Waals surface area contributed by atoms with E-state index in [9.17, 15) is 0 Å². The highest BCUT2D eigenvalue weighted by Crippen LogP contribution is 2.31. The summed E-state index contributed by atoms with van der Waals surface area (Å²) < 4.78 is 18.4. The molecule has 4 aromatic rings. The number of ether oxygens (including phenoxy) is 1. The fourth-order valence-electron chi connectivity index (χ4n) is 3.30. The lowest BCUT2D eigenvalue weighted by Gasteiger charge is -2.05. The highest BCUT2D eigenvalue weighted by Gasteiger charge is 2.20. The number of rotatable bonds is 4. The summed E-state index contributed by atoms with van der Waals surface area (Å²) in [5, 5.41) is 13.8. The number of aryl methyl sites for hydroxylation is 1. The molecule has 0 aliphatic carbocycles. The Morgan fingerprint density at radius 1 is 1.30 bits per heavy atom. The van der Waals surface area contributed by atoms with Crippen LogP contribution >= 0.6 is 11.6 Å². The zero-order chi connectivity index (χ0) is 18.4.